The van der Waals surface area contributed by atoms with E-state index in [0.717, 1.165) is 48.7 Å². The minimum atomic E-state index is -4.39. The van der Waals surface area contributed by atoms with Crippen LogP contribution in [0, 0.1) is 0 Å². The molecule has 0 amide bonds. The van der Waals surface area contributed by atoms with Gasteiger partial charge in [-0.3, -0.25) is 4.90 Å². The molecule has 7 nitrogen and oxygen atoms in total. The van der Waals surface area contributed by atoms with Gasteiger partial charge in [0, 0.05) is 37.4 Å². The van der Waals surface area contributed by atoms with Crippen LogP contribution in [0.3, 0.4) is 0 Å². The van der Waals surface area contributed by atoms with Gasteiger partial charge < -0.3 is 19.7 Å². The normalized spacial score (nSPS) is 16.4. The lowest BCUT2D eigenvalue weighted by atomic mass is 10.0. The van der Waals surface area contributed by atoms with Crippen LogP contribution in [0.2, 0.25) is 5.02 Å². The van der Waals surface area contributed by atoms with Crippen molar-refractivity contribution in [2.24, 2.45) is 0 Å². The Bertz CT molecular complexity index is 1220. The molecular formula is C26H27ClF3N5O2. The van der Waals surface area contributed by atoms with E-state index < -0.39 is 11.7 Å². The Morgan fingerprint density at radius 3 is 2.49 bits per heavy atom. The molecule has 37 heavy (non-hydrogen) atoms. The number of benzene rings is 2. The van der Waals surface area contributed by atoms with Crippen LogP contribution in [-0.4, -0.2) is 60.9 Å². The van der Waals surface area contributed by atoms with Gasteiger partial charge in [-0.15, -0.1) is 0 Å². The monoisotopic (exact) mass is 533 g/mol. The van der Waals surface area contributed by atoms with E-state index in [4.69, 9.17) is 26.1 Å². The summed E-state index contributed by atoms with van der Waals surface area (Å²) in [7, 11) is 0. The van der Waals surface area contributed by atoms with Crippen LogP contribution < -0.4 is 15.0 Å². The van der Waals surface area contributed by atoms with Crippen molar-refractivity contribution in [1.29, 1.82) is 0 Å². The molecule has 2 aliphatic heterocycles. The second-order valence-electron chi connectivity index (χ2n) is 8.91. The van der Waals surface area contributed by atoms with Crippen LogP contribution in [0.25, 0.3) is 0 Å². The summed E-state index contributed by atoms with van der Waals surface area (Å²) in [5.41, 5.74) is 2.41. The number of rotatable bonds is 7. The van der Waals surface area contributed by atoms with Gasteiger partial charge in [0.15, 0.2) is 0 Å². The number of fused-ring (bicyclic) bond motifs is 1. The Morgan fingerprint density at radius 2 is 1.76 bits per heavy atom. The second-order valence-corrected chi connectivity index (χ2v) is 9.31. The third kappa shape index (κ3) is 6.26. The topological polar surface area (TPSA) is 62.8 Å². The summed E-state index contributed by atoms with van der Waals surface area (Å²) in [5, 5.41) is 3.84. The maximum atomic E-state index is 13.0. The standard InChI is InChI=1S/C26H27ClF3N5O2/c27-21-3-1-2-4-23(21)35-10-9-20-22(17-35)32-25(37-16-13-34-11-14-36-15-12-34)33-24(20)31-19-7-5-18(6-8-19)26(28,29)30/h1-8H,9-17H2,(H,31,32,33). The lowest BCUT2D eigenvalue weighted by Gasteiger charge is -2.31. The largest absolute Gasteiger partial charge is 0.462 e. The van der Waals surface area contributed by atoms with Crippen LogP contribution in [0.5, 0.6) is 6.01 Å². The van der Waals surface area contributed by atoms with Crippen molar-refractivity contribution in [2.75, 3.05) is 56.2 Å². The van der Waals surface area contributed by atoms with Crippen LogP contribution in [0.1, 0.15) is 16.8 Å². The molecule has 0 radical (unpaired) electrons. The molecule has 11 heteroatoms. The highest BCUT2D eigenvalue weighted by Gasteiger charge is 2.30. The number of nitrogens with zero attached hydrogens (tertiary/aromatic N) is 4. The molecule has 0 saturated carbocycles. The van der Waals surface area contributed by atoms with E-state index in [0.29, 0.717) is 55.9 Å². The smallest absolute Gasteiger partial charge is 0.416 e. The van der Waals surface area contributed by atoms with E-state index in [1.165, 1.54) is 12.1 Å². The number of alkyl halides is 3. The average molecular weight is 534 g/mol. The molecule has 1 saturated heterocycles. The number of para-hydroxylation sites is 1. The molecule has 0 bridgehead atoms. The Labute approximate surface area is 218 Å². The summed E-state index contributed by atoms with van der Waals surface area (Å²) >= 11 is 6.44. The van der Waals surface area contributed by atoms with Crippen molar-refractivity contribution in [3.63, 3.8) is 0 Å². The molecule has 1 N–H and O–H groups in total. The van der Waals surface area contributed by atoms with Gasteiger partial charge in [-0.2, -0.15) is 23.1 Å². The number of aromatic nitrogens is 2. The maximum Gasteiger partial charge on any atom is 0.416 e. The van der Waals surface area contributed by atoms with Gasteiger partial charge in [0.2, 0.25) is 0 Å². The molecule has 0 unspecified atom stereocenters. The third-order valence-corrected chi connectivity index (χ3v) is 6.77. The number of ether oxygens (including phenoxy) is 2. The Balaban J connectivity index is 1.38. The van der Waals surface area contributed by atoms with E-state index >= 15 is 0 Å². The number of anilines is 3. The molecule has 2 aromatic carbocycles. The Kier molecular flexibility index (Phi) is 7.68. The Hall–Kier alpha value is -3.08. The molecule has 196 valence electrons. The van der Waals surface area contributed by atoms with E-state index in [9.17, 15) is 13.2 Å². The van der Waals surface area contributed by atoms with Gasteiger partial charge in [-0.05, 0) is 42.8 Å². The number of hydrogen-bond donors (Lipinski definition) is 1. The zero-order valence-electron chi connectivity index (χ0n) is 20.1. The summed E-state index contributed by atoms with van der Waals surface area (Å²) in [6.07, 6.45) is -3.76. The number of hydrogen-bond acceptors (Lipinski definition) is 7. The molecule has 1 fully saturated rings. The third-order valence-electron chi connectivity index (χ3n) is 6.46. The summed E-state index contributed by atoms with van der Waals surface area (Å²) in [5.74, 6) is 0.532. The summed E-state index contributed by atoms with van der Waals surface area (Å²) in [4.78, 5) is 13.7. The van der Waals surface area contributed by atoms with Gasteiger partial charge in [-0.25, -0.2) is 0 Å². The summed E-state index contributed by atoms with van der Waals surface area (Å²) in [6.45, 7) is 5.43. The predicted molar refractivity (Wildman–Crippen MR) is 136 cm³/mol. The van der Waals surface area contributed by atoms with Crippen molar-refractivity contribution in [3.05, 3.63) is 70.4 Å². The first kappa shape index (κ1) is 25.6. The van der Waals surface area contributed by atoms with Gasteiger partial charge in [0.25, 0.3) is 0 Å². The maximum absolute atomic E-state index is 13.0. The quantitative estimate of drug-likeness (QED) is 0.450. The molecule has 1 aromatic heterocycles. The summed E-state index contributed by atoms with van der Waals surface area (Å²) in [6, 6.07) is 12.8. The van der Waals surface area contributed by atoms with Gasteiger partial charge in [-0.1, -0.05) is 23.7 Å². The zero-order chi connectivity index (χ0) is 25.8. The van der Waals surface area contributed by atoms with Crippen molar-refractivity contribution in [1.82, 2.24) is 14.9 Å². The van der Waals surface area contributed by atoms with E-state index in [1.54, 1.807) is 0 Å². The van der Waals surface area contributed by atoms with Gasteiger partial charge >= 0.3 is 12.2 Å². The van der Waals surface area contributed by atoms with Crippen molar-refractivity contribution >= 4 is 28.8 Å². The highest BCUT2D eigenvalue weighted by atomic mass is 35.5. The highest BCUT2D eigenvalue weighted by Crippen LogP contribution is 2.34. The average Bonchev–Trinajstić information content (AvgIpc) is 2.89. The molecule has 3 aromatic rings. The fourth-order valence-corrected chi connectivity index (χ4v) is 4.71. The highest BCUT2D eigenvalue weighted by molar-refractivity contribution is 6.33. The summed E-state index contributed by atoms with van der Waals surface area (Å²) < 4.78 is 50.3. The molecule has 2 aliphatic rings. The fourth-order valence-electron chi connectivity index (χ4n) is 4.46. The number of nitrogens with one attached hydrogen (secondary N) is 1. The van der Waals surface area contributed by atoms with E-state index in [1.807, 2.05) is 24.3 Å². The lowest BCUT2D eigenvalue weighted by Crippen LogP contribution is -2.38. The Morgan fingerprint density at radius 1 is 1.00 bits per heavy atom. The van der Waals surface area contributed by atoms with Crippen molar-refractivity contribution < 1.29 is 22.6 Å². The van der Waals surface area contributed by atoms with Crippen molar-refractivity contribution in [3.8, 4) is 6.01 Å². The first-order chi connectivity index (χ1) is 17.9. The predicted octanol–water partition coefficient (Wildman–Crippen LogP) is 5.17. The molecule has 5 rings (SSSR count). The molecule has 3 heterocycles. The van der Waals surface area contributed by atoms with Gasteiger partial charge in [0.1, 0.15) is 12.4 Å². The van der Waals surface area contributed by atoms with Crippen LogP contribution >= 0.6 is 11.6 Å². The lowest BCUT2D eigenvalue weighted by molar-refractivity contribution is -0.137. The molecule has 0 aliphatic carbocycles. The fraction of sp³-hybridized carbons (Fsp3) is 0.385. The zero-order valence-corrected chi connectivity index (χ0v) is 20.9. The molecule has 0 atom stereocenters. The minimum absolute atomic E-state index is 0.224. The molecular weight excluding hydrogens is 507 g/mol. The van der Waals surface area contributed by atoms with Crippen LogP contribution in [0.15, 0.2) is 48.5 Å². The van der Waals surface area contributed by atoms with Crippen LogP contribution in [-0.2, 0) is 23.9 Å². The van der Waals surface area contributed by atoms with Gasteiger partial charge in [0.05, 0.1) is 41.7 Å². The number of morpholine rings is 1. The first-order valence-corrected chi connectivity index (χ1v) is 12.5. The van der Waals surface area contributed by atoms with E-state index in [-0.39, 0.29) is 6.01 Å². The van der Waals surface area contributed by atoms with E-state index in [2.05, 4.69) is 20.1 Å². The number of halogens is 4. The second kappa shape index (κ2) is 11.1. The van der Waals surface area contributed by atoms with Crippen molar-refractivity contribution in [2.45, 2.75) is 19.1 Å². The minimum Gasteiger partial charge on any atom is -0.462 e. The molecule has 0 spiro atoms. The SMILES string of the molecule is FC(F)(F)c1ccc(Nc2nc(OCCN3CCOCC3)nc3c2CCN(c2ccccc2Cl)C3)cc1. The first-order valence-electron chi connectivity index (χ1n) is 12.1. The van der Waals surface area contributed by atoms with Crippen LogP contribution in [0.4, 0.5) is 30.4 Å².